The van der Waals surface area contributed by atoms with E-state index in [1.54, 1.807) is 12.1 Å². The molecule has 0 spiro atoms. The fourth-order valence-corrected chi connectivity index (χ4v) is 2.81. The molecule has 0 radical (unpaired) electrons. The topological polar surface area (TPSA) is 98.5 Å². The molecule has 1 aliphatic rings. The molecule has 1 aromatic carbocycles. The molecule has 1 amide bonds. The van der Waals surface area contributed by atoms with Gasteiger partial charge in [0.15, 0.2) is 0 Å². The van der Waals surface area contributed by atoms with Gasteiger partial charge in [-0.1, -0.05) is 13.0 Å². The Morgan fingerprint density at radius 1 is 1.45 bits per heavy atom. The molecular weight excluding hydrogens is 280 g/mol. The maximum absolute atomic E-state index is 12.2. The molecule has 7 heteroatoms. The lowest BCUT2D eigenvalue weighted by molar-refractivity contribution is -0.125. The number of rotatable bonds is 3. The third-order valence-electron chi connectivity index (χ3n) is 3.41. The highest BCUT2D eigenvalue weighted by Gasteiger charge is 2.28. The number of benzene rings is 1. The first-order valence-corrected chi connectivity index (χ1v) is 7.94. The molecule has 0 aliphatic carbocycles. The molecule has 1 aliphatic heterocycles. The monoisotopic (exact) mass is 298 g/mol. The van der Waals surface area contributed by atoms with E-state index in [2.05, 4.69) is 5.32 Å². The first-order valence-electron chi connectivity index (χ1n) is 6.39. The van der Waals surface area contributed by atoms with Gasteiger partial charge in [0, 0.05) is 24.8 Å². The molecule has 0 bridgehead atoms. The third kappa shape index (κ3) is 3.56. The SMILES string of the molecule is CC1COCCC1C(=O)Nc1cccc(S(N)(=O)=O)c1. The average molecular weight is 298 g/mol. The van der Waals surface area contributed by atoms with E-state index in [-0.39, 0.29) is 22.6 Å². The lowest BCUT2D eigenvalue weighted by Gasteiger charge is -2.27. The molecule has 0 aromatic heterocycles. The van der Waals surface area contributed by atoms with Gasteiger partial charge in [0.1, 0.15) is 0 Å². The van der Waals surface area contributed by atoms with Gasteiger partial charge in [0.05, 0.1) is 4.90 Å². The van der Waals surface area contributed by atoms with Gasteiger partial charge in [-0.05, 0) is 30.5 Å². The molecule has 6 nitrogen and oxygen atoms in total. The quantitative estimate of drug-likeness (QED) is 0.867. The number of ether oxygens (including phenoxy) is 1. The molecule has 1 heterocycles. The zero-order valence-corrected chi connectivity index (χ0v) is 12.0. The van der Waals surface area contributed by atoms with Crippen molar-refractivity contribution >= 4 is 21.6 Å². The number of nitrogens with two attached hydrogens (primary N) is 1. The number of hydrogen-bond donors (Lipinski definition) is 2. The van der Waals surface area contributed by atoms with Crippen LogP contribution in [-0.4, -0.2) is 27.5 Å². The standard InChI is InChI=1S/C13H18N2O4S/c1-9-8-19-6-5-12(9)13(16)15-10-3-2-4-11(7-10)20(14,17)18/h2-4,7,9,12H,5-6,8H2,1H3,(H,15,16)(H2,14,17,18). The third-order valence-corrected chi connectivity index (χ3v) is 4.32. The van der Waals surface area contributed by atoms with Gasteiger partial charge in [-0.15, -0.1) is 0 Å². The first-order chi connectivity index (χ1) is 9.38. The fourth-order valence-electron chi connectivity index (χ4n) is 2.26. The Hall–Kier alpha value is -1.44. The number of primary sulfonamides is 1. The van der Waals surface area contributed by atoms with Crippen LogP contribution in [0.25, 0.3) is 0 Å². The number of sulfonamides is 1. The second kappa shape index (κ2) is 5.90. The van der Waals surface area contributed by atoms with Crippen LogP contribution >= 0.6 is 0 Å². The fraction of sp³-hybridized carbons (Fsp3) is 0.462. The predicted octanol–water partition coefficient (Wildman–Crippen LogP) is 0.945. The molecule has 1 saturated heterocycles. The summed E-state index contributed by atoms with van der Waals surface area (Å²) in [5, 5.41) is 7.80. The van der Waals surface area contributed by atoms with Gasteiger partial charge in [0.2, 0.25) is 15.9 Å². The van der Waals surface area contributed by atoms with Gasteiger partial charge < -0.3 is 10.1 Å². The summed E-state index contributed by atoms with van der Waals surface area (Å²) in [7, 11) is -3.77. The summed E-state index contributed by atoms with van der Waals surface area (Å²) < 4.78 is 27.8. The molecule has 110 valence electrons. The zero-order chi connectivity index (χ0) is 14.8. The van der Waals surface area contributed by atoms with Crippen LogP contribution < -0.4 is 10.5 Å². The normalized spacial score (nSPS) is 23.3. The van der Waals surface area contributed by atoms with Crippen molar-refractivity contribution in [2.75, 3.05) is 18.5 Å². The first kappa shape index (κ1) is 15.0. The van der Waals surface area contributed by atoms with Gasteiger partial charge in [-0.3, -0.25) is 4.79 Å². The largest absolute Gasteiger partial charge is 0.381 e. The average Bonchev–Trinajstić information content (AvgIpc) is 2.38. The molecule has 1 fully saturated rings. The Balaban J connectivity index is 2.12. The highest BCUT2D eigenvalue weighted by atomic mass is 32.2. The minimum absolute atomic E-state index is 0.0182. The number of carbonyl (C=O) groups is 1. The van der Waals surface area contributed by atoms with E-state index in [0.717, 1.165) is 0 Å². The number of amides is 1. The van der Waals surface area contributed by atoms with E-state index in [1.807, 2.05) is 6.92 Å². The van der Waals surface area contributed by atoms with Crippen molar-refractivity contribution in [3.8, 4) is 0 Å². The molecule has 0 saturated carbocycles. The highest BCUT2D eigenvalue weighted by Crippen LogP contribution is 2.23. The summed E-state index contributed by atoms with van der Waals surface area (Å²) in [5.74, 6) is -0.0977. The zero-order valence-electron chi connectivity index (χ0n) is 11.2. The van der Waals surface area contributed by atoms with E-state index in [4.69, 9.17) is 9.88 Å². The highest BCUT2D eigenvalue weighted by molar-refractivity contribution is 7.89. The minimum Gasteiger partial charge on any atom is -0.381 e. The lowest BCUT2D eigenvalue weighted by atomic mass is 9.89. The van der Waals surface area contributed by atoms with E-state index in [0.29, 0.717) is 25.3 Å². The number of hydrogen-bond acceptors (Lipinski definition) is 4. The van der Waals surface area contributed by atoms with Crippen molar-refractivity contribution < 1.29 is 17.9 Å². The van der Waals surface area contributed by atoms with Crippen LogP contribution in [0.15, 0.2) is 29.2 Å². The second-order valence-electron chi connectivity index (χ2n) is 5.01. The van der Waals surface area contributed by atoms with Gasteiger partial charge >= 0.3 is 0 Å². The smallest absolute Gasteiger partial charge is 0.238 e. The Kier molecular flexibility index (Phi) is 4.42. The Labute approximate surface area is 118 Å². The van der Waals surface area contributed by atoms with Crippen LogP contribution in [0.4, 0.5) is 5.69 Å². The van der Waals surface area contributed by atoms with Crippen LogP contribution in [0.1, 0.15) is 13.3 Å². The van der Waals surface area contributed by atoms with Gasteiger partial charge in [-0.25, -0.2) is 13.6 Å². The maximum Gasteiger partial charge on any atom is 0.238 e. The van der Waals surface area contributed by atoms with E-state index < -0.39 is 10.0 Å². The summed E-state index contributed by atoms with van der Waals surface area (Å²) in [6.45, 7) is 3.10. The van der Waals surface area contributed by atoms with E-state index in [1.165, 1.54) is 12.1 Å². The van der Waals surface area contributed by atoms with Crippen molar-refractivity contribution in [2.24, 2.45) is 17.0 Å². The Morgan fingerprint density at radius 2 is 2.20 bits per heavy atom. The predicted molar refractivity (Wildman–Crippen MR) is 74.5 cm³/mol. The molecule has 3 N–H and O–H groups in total. The van der Waals surface area contributed by atoms with Crippen LogP contribution in [0.2, 0.25) is 0 Å². The molecule has 2 unspecified atom stereocenters. The molecule has 2 atom stereocenters. The molecular formula is C13H18N2O4S. The number of nitrogens with one attached hydrogen (secondary N) is 1. The van der Waals surface area contributed by atoms with Gasteiger partial charge in [0.25, 0.3) is 0 Å². The van der Waals surface area contributed by atoms with Crippen molar-refractivity contribution in [2.45, 2.75) is 18.2 Å². The Bertz CT molecular complexity index is 600. The van der Waals surface area contributed by atoms with E-state index >= 15 is 0 Å². The number of anilines is 1. The minimum atomic E-state index is -3.77. The van der Waals surface area contributed by atoms with Gasteiger partial charge in [-0.2, -0.15) is 0 Å². The van der Waals surface area contributed by atoms with Crippen LogP contribution in [0, 0.1) is 11.8 Å². The number of carbonyl (C=O) groups excluding carboxylic acids is 1. The Morgan fingerprint density at radius 3 is 2.85 bits per heavy atom. The summed E-state index contributed by atoms with van der Waals surface area (Å²) in [6.07, 6.45) is 0.669. The summed E-state index contributed by atoms with van der Waals surface area (Å²) in [5.41, 5.74) is 0.431. The van der Waals surface area contributed by atoms with Crippen molar-refractivity contribution in [3.63, 3.8) is 0 Å². The summed E-state index contributed by atoms with van der Waals surface area (Å²) in [6, 6.07) is 5.93. The van der Waals surface area contributed by atoms with Crippen molar-refractivity contribution in [3.05, 3.63) is 24.3 Å². The molecule has 1 aromatic rings. The van der Waals surface area contributed by atoms with Crippen molar-refractivity contribution in [1.82, 2.24) is 0 Å². The van der Waals surface area contributed by atoms with E-state index in [9.17, 15) is 13.2 Å². The summed E-state index contributed by atoms with van der Waals surface area (Å²) in [4.78, 5) is 12.2. The van der Waals surface area contributed by atoms with Crippen LogP contribution in [0.3, 0.4) is 0 Å². The molecule has 20 heavy (non-hydrogen) atoms. The van der Waals surface area contributed by atoms with Crippen molar-refractivity contribution in [1.29, 1.82) is 0 Å². The molecule has 2 rings (SSSR count). The summed E-state index contributed by atoms with van der Waals surface area (Å²) >= 11 is 0. The second-order valence-corrected chi connectivity index (χ2v) is 6.57. The van der Waals surface area contributed by atoms with Crippen LogP contribution in [-0.2, 0) is 19.6 Å². The van der Waals surface area contributed by atoms with Crippen LogP contribution in [0.5, 0.6) is 0 Å². The maximum atomic E-state index is 12.2. The lowest BCUT2D eigenvalue weighted by Crippen LogP contribution is -2.35.